The number of nitrogens with two attached hydrogens (primary N) is 1. The average Bonchev–Trinajstić information content (AvgIpc) is 2.65. The molecular weight excluding hydrogens is 190 g/mol. The minimum absolute atomic E-state index is 0.466. The van der Waals surface area contributed by atoms with Gasteiger partial charge in [-0.25, -0.2) is 0 Å². The molecule has 0 aromatic carbocycles. The van der Waals surface area contributed by atoms with Crippen molar-refractivity contribution in [1.29, 1.82) is 0 Å². The number of likely N-dealkylation sites (tertiary alicyclic amines) is 1. The van der Waals surface area contributed by atoms with Gasteiger partial charge in [0.05, 0.1) is 5.69 Å². The van der Waals surface area contributed by atoms with Crippen molar-refractivity contribution >= 4 is 0 Å². The van der Waals surface area contributed by atoms with Crippen LogP contribution in [0.4, 0.5) is 0 Å². The van der Waals surface area contributed by atoms with Gasteiger partial charge >= 0.3 is 0 Å². The highest BCUT2D eigenvalue weighted by molar-refractivity contribution is 5.05. The van der Waals surface area contributed by atoms with E-state index < -0.39 is 0 Å². The largest absolute Gasteiger partial charge is 0.361 e. The maximum atomic E-state index is 5.49. The second-order valence-electron chi connectivity index (χ2n) is 4.46. The van der Waals surface area contributed by atoms with E-state index in [4.69, 9.17) is 10.3 Å². The summed E-state index contributed by atoms with van der Waals surface area (Å²) in [6, 6.07) is 1.98. The third kappa shape index (κ3) is 2.79. The quantitative estimate of drug-likeness (QED) is 0.807. The Balaban J connectivity index is 1.90. The van der Waals surface area contributed by atoms with Crippen molar-refractivity contribution in [3.63, 3.8) is 0 Å². The first-order valence-electron chi connectivity index (χ1n) is 5.61. The summed E-state index contributed by atoms with van der Waals surface area (Å²) >= 11 is 0. The van der Waals surface area contributed by atoms with Crippen molar-refractivity contribution in [2.24, 2.45) is 11.7 Å². The van der Waals surface area contributed by atoms with Gasteiger partial charge in [0.25, 0.3) is 0 Å². The molecule has 1 saturated heterocycles. The third-order valence-electron chi connectivity index (χ3n) is 3.03. The molecule has 1 aromatic rings. The first kappa shape index (κ1) is 10.6. The summed E-state index contributed by atoms with van der Waals surface area (Å²) in [4.78, 5) is 2.38. The number of hydrogen-bond acceptors (Lipinski definition) is 4. The summed E-state index contributed by atoms with van der Waals surface area (Å²) < 4.78 is 5.24. The molecule has 2 rings (SSSR count). The summed E-state index contributed by atoms with van der Waals surface area (Å²) in [6.45, 7) is 2.85. The van der Waals surface area contributed by atoms with E-state index in [0.29, 0.717) is 12.5 Å². The van der Waals surface area contributed by atoms with Gasteiger partial charge in [0, 0.05) is 25.6 Å². The monoisotopic (exact) mass is 209 g/mol. The van der Waals surface area contributed by atoms with Gasteiger partial charge in [0.2, 0.25) is 0 Å². The van der Waals surface area contributed by atoms with Crippen LogP contribution in [0.15, 0.2) is 10.6 Å². The van der Waals surface area contributed by atoms with Crippen LogP contribution in [0.5, 0.6) is 0 Å². The minimum Gasteiger partial charge on any atom is -0.361 e. The van der Waals surface area contributed by atoms with Crippen LogP contribution in [0.3, 0.4) is 0 Å². The lowest BCUT2D eigenvalue weighted by molar-refractivity contribution is 0.200. The molecule has 1 atom stereocenters. The fraction of sp³-hybridized carbons (Fsp3) is 0.727. The molecule has 1 aliphatic rings. The van der Waals surface area contributed by atoms with Gasteiger partial charge in [-0.3, -0.25) is 0 Å². The van der Waals surface area contributed by atoms with Crippen LogP contribution < -0.4 is 5.73 Å². The standard InChI is InChI=1S/C11H19N3O/c1-14-4-2-3-9(8-14)5-11-6-10(7-12)13-15-11/h6,9H,2-5,7-8,12H2,1H3. The molecule has 4 heteroatoms. The molecule has 1 aromatic heterocycles. The highest BCUT2D eigenvalue weighted by Crippen LogP contribution is 2.20. The van der Waals surface area contributed by atoms with Crippen molar-refractivity contribution < 1.29 is 4.52 Å². The van der Waals surface area contributed by atoms with Crippen LogP contribution >= 0.6 is 0 Å². The molecule has 0 saturated carbocycles. The maximum absolute atomic E-state index is 5.49. The Labute approximate surface area is 90.4 Å². The van der Waals surface area contributed by atoms with Crippen molar-refractivity contribution in [3.8, 4) is 0 Å². The summed E-state index contributed by atoms with van der Waals surface area (Å²) in [7, 11) is 2.18. The highest BCUT2D eigenvalue weighted by Gasteiger charge is 2.19. The topological polar surface area (TPSA) is 55.3 Å². The lowest BCUT2D eigenvalue weighted by Crippen LogP contribution is -2.32. The molecule has 4 nitrogen and oxygen atoms in total. The van der Waals surface area contributed by atoms with E-state index in [1.807, 2.05) is 6.07 Å². The predicted octanol–water partition coefficient (Wildman–Crippen LogP) is 1.02. The van der Waals surface area contributed by atoms with Gasteiger partial charge < -0.3 is 15.2 Å². The lowest BCUT2D eigenvalue weighted by atomic mass is 9.94. The Hall–Kier alpha value is -0.870. The van der Waals surface area contributed by atoms with Crippen molar-refractivity contribution in [2.45, 2.75) is 25.8 Å². The van der Waals surface area contributed by atoms with E-state index in [1.54, 1.807) is 0 Å². The maximum Gasteiger partial charge on any atom is 0.137 e. The first-order chi connectivity index (χ1) is 7.28. The van der Waals surface area contributed by atoms with Crippen LogP contribution in [0, 0.1) is 5.92 Å². The van der Waals surface area contributed by atoms with E-state index in [-0.39, 0.29) is 0 Å². The highest BCUT2D eigenvalue weighted by atomic mass is 16.5. The molecule has 0 radical (unpaired) electrons. The van der Waals surface area contributed by atoms with E-state index in [0.717, 1.165) is 17.9 Å². The van der Waals surface area contributed by atoms with E-state index >= 15 is 0 Å². The SMILES string of the molecule is CN1CCCC(Cc2cc(CN)no2)C1. The Morgan fingerprint density at radius 2 is 2.53 bits per heavy atom. The molecule has 2 heterocycles. The molecule has 1 fully saturated rings. The lowest BCUT2D eigenvalue weighted by Gasteiger charge is -2.28. The van der Waals surface area contributed by atoms with Crippen molar-refractivity contribution in [2.75, 3.05) is 20.1 Å². The fourth-order valence-electron chi connectivity index (χ4n) is 2.27. The fourth-order valence-corrected chi connectivity index (χ4v) is 2.27. The minimum atomic E-state index is 0.466. The summed E-state index contributed by atoms with van der Waals surface area (Å²) in [5, 5.41) is 3.91. The summed E-state index contributed by atoms with van der Waals surface area (Å²) in [5.74, 6) is 1.69. The Kier molecular flexibility index (Phi) is 3.38. The van der Waals surface area contributed by atoms with Gasteiger partial charge in [-0.05, 0) is 32.4 Å². The molecule has 15 heavy (non-hydrogen) atoms. The van der Waals surface area contributed by atoms with E-state index in [9.17, 15) is 0 Å². The van der Waals surface area contributed by atoms with Crippen LogP contribution in [-0.2, 0) is 13.0 Å². The molecule has 84 valence electrons. The van der Waals surface area contributed by atoms with Crippen LogP contribution in [0.2, 0.25) is 0 Å². The van der Waals surface area contributed by atoms with Gasteiger partial charge in [0.15, 0.2) is 0 Å². The average molecular weight is 209 g/mol. The number of hydrogen-bond donors (Lipinski definition) is 1. The van der Waals surface area contributed by atoms with Gasteiger partial charge in [-0.15, -0.1) is 0 Å². The van der Waals surface area contributed by atoms with Gasteiger partial charge in [0.1, 0.15) is 5.76 Å². The molecule has 0 aliphatic carbocycles. The second kappa shape index (κ2) is 4.77. The molecule has 0 bridgehead atoms. The van der Waals surface area contributed by atoms with Crippen molar-refractivity contribution in [3.05, 3.63) is 17.5 Å². The smallest absolute Gasteiger partial charge is 0.137 e. The summed E-state index contributed by atoms with van der Waals surface area (Å²) in [6.07, 6.45) is 3.58. The van der Waals surface area contributed by atoms with Gasteiger partial charge in [-0.1, -0.05) is 5.16 Å². The zero-order valence-electron chi connectivity index (χ0n) is 9.28. The molecule has 0 amide bonds. The Bertz CT molecular complexity index is 311. The van der Waals surface area contributed by atoms with E-state index in [1.165, 1.54) is 25.9 Å². The molecule has 1 unspecified atom stereocenters. The summed E-state index contributed by atoms with van der Waals surface area (Å²) in [5.41, 5.74) is 6.34. The Morgan fingerprint density at radius 1 is 1.67 bits per heavy atom. The van der Waals surface area contributed by atoms with Gasteiger partial charge in [-0.2, -0.15) is 0 Å². The molecule has 1 aliphatic heterocycles. The van der Waals surface area contributed by atoms with E-state index in [2.05, 4.69) is 17.1 Å². The zero-order chi connectivity index (χ0) is 10.7. The first-order valence-corrected chi connectivity index (χ1v) is 5.61. The molecule has 0 spiro atoms. The zero-order valence-corrected chi connectivity index (χ0v) is 9.28. The number of aromatic nitrogens is 1. The second-order valence-corrected chi connectivity index (χ2v) is 4.46. The number of nitrogens with zero attached hydrogens (tertiary/aromatic N) is 2. The third-order valence-corrected chi connectivity index (χ3v) is 3.03. The molecule has 2 N–H and O–H groups in total. The van der Waals surface area contributed by atoms with Crippen LogP contribution in [0.25, 0.3) is 0 Å². The Morgan fingerprint density at radius 3 is 3.20 bits per heavy atom. The molecular formula is C11H19N3O. The number of rotatable bonds is 3. The normalized spacial score (nSPS) is 23.2. The predicted molar refractivity (Wildman–Crippen MR) is 58.3 cm³/mol. The van der Waals surface area contributed by atoms with Crippen molar-refractivity contribution in [1.82, 2.24) is 10.1 Å². The number of piperidine rings is 1. The van der Waals surface area contributed by atoms with Crippen LogP contribution in [0.1, 0.15) is 24.3 Å². The van der Waals surface area contributed by atoms with Crippen LogP contribution in [-0.4, -0.2) is 30.2 Å².